The molecule has 1 amide bonds. The van der Waals surface area contributed by atoms with Gasteiger partial charge in [0, 0.05) is 16.3 Å². The fourth-order valence-electron chi connectivity index (χ4n) is 1.84. The highest BCUT2D eigenvalue weighted by atomic mass is 32.2. The predicted molar refractivity (Wildman–Crippen MR) is 86.1 cm³/mol. The summed E-state index contributed by atoms with van der Waals surface area (Å²) in [5.41, 5.74) is 9.73. The van der Waals surface area contributed by atoms with E-state index in [9.17, 15) is 4.79 Å². The molecule has 3 N–H and O–H groups in total. The van der Waals surface area contributed by atoms with Gasteiger partial charge in [0.2, 0.25) is 5.91 Å². The number of carbonyl (C=O) groups is 1. The van der Waals surface area contributed by atoms with Gasteiger partial charge in [0.1, 0.15) is 0 Å². The van der Waals surface area contributed by atoms with Crippen LogP contribution in [-0.2, 0) is 4.79 Å². The molecule has 0 spiro atoms. The molecule has 0 unspecified atom stereocenters. The van der Waals surface area contributed by atoms with E-state index in [4.69, 9.17) is 5.73 Å². The number of aryl methyl sites for hydroxylation is 2. The van der Waals surface area contributed by atoms with Crippen molar-refractivity contribution in [1.82, 2.24) is 0 Å². The highest BCUT2D eigenvalue weighted by Crippen LogP contribution is 2.27. The lowest BCUT2D eigenvalue weighted by atomic mass is 10.2. The number of nitrogens with one attached hydrogen (secondary N) is 1. The van der Waals surface area contributed by atoms with Crippen LogP contribution in [0.3, 0.4) is 0 Å². The molecule has 2 aromatic rings. The first-order valence-electron chi connectivity index (χ1n) is 6.40. The van der Waals surface area contributed by atoms with E-state index in [-0.39, 0.29) is 5.91 Å². The molecular weight excluding hydrogens is 268 g/mol. The van der Waals surface area contributed by atoms with Crippen molar-refractivity contribution in [2.45, 2.75) is 18.7 Å². The van der Waals surface area contributed by atoms with Crippen molar-refractivity contribution in [2.24, 2.45) is 0 Å². The van der Waals surface area contributed by atoms with E-state index in [1.165, 1.54) is 11.8 Å². The Morgan fingerprint density at radius 3 is 2.70 bits per heavy atom. The molecule has 0 heterocycles. The Labute approximate surface area is 123 Å². The first-order chi connectivity index (χ1) is 9.56. The van der Waals surface area contributed by atoms with Gasteiger partial charge < -0.3 is 11.1 Å². The fourth-order valence-corrected chi connectivity index (χ4v) is 2.69. The van der Waals surface area contributed by atoms with Crippen LogP contribution in [-0.4, -0.2) is 11.7 Å². The lowest BCUT2D eigenvalue weighted by molar-refractivity contribution is -0.113. The second kappa shape index (κ2) is 6.48. The molecule has 20 heavy (non-hydrogen) atoms. The summed E-state index contributed by atoms with van der Waals surface area (Å²) in [6.45, 7) is 3.96. The second-order valence-electron chi connectivity index (χ2n) is 4.69. The van der Waals surface area contributed by atoms with Gasteiger partial charge in [0.25, 0.3) is 0 Å². The lowest BCUT2D eigenvalue weighted by Gasteiger charge is -2.08. The summed E-state index contributed by atoms with van der Waals surface area (Å²) in [6.07, 6.45) is 0. The van der Waals surface area contributed by atoms with E-state index >= 15 is 0 Å². The van der Waals surface area contributed by atoms with E-state index in [1.54, 1.807) is 0 Å². The zero-order chi connectivity index (χ0) is 14.5. The van der Waals surface area contributed by atoms with Gasteiger partial charge >= 0.3 is 0 Å². The monoisotopic (exact) mass is 286 g/mol. The summed E-state index contributed by atoms with van der Waals surface area (Å²) in [6, 6.07) is 13.6. The number of anilines is 2. The van der Waals surface area contributed by atoms with E-state index in [0.29, 0.717) is 5.75 Å². The number of para-hydroxylation sites is 1. The largest absolute Gasteiger partial charge is 0.398 e. The number of rotatable bonds is 4. The fraction of sp³-hybridized carbons (Fsp3) is 0.188. The van der Waals surface area contributed by atoms with Gasteiger partial charge in [-0.15, -0.1) is 11.8 Å². The number of nitrogen functional groups attached to an aromatic ring is 1. The first-order valence-corrected chi connectivity index (χ1v) is 7.39. The number of carbonyl (C=O) groups excluding carboxylic acids is 1. The maximum Gasteiger partial charge on any atom is 0.234 e. The van der Waals surface area contributed by atoms with Crippen LogP contribution in [0.5, 0.6) is 0 Å². The highest BCUT2D eigenvalue weighted by molar-refractivity contribution is 8.00. The molecule has 3 nitrogen and oxygen atoms in total. The van der Waals surface area contributed by atoms with E-state index in [0.717, 1.165) is 27.4 Å². The summed E-state index contributed by atoms with van der Waals surface area (Å²) in [7, 11) is 0. The molecular formula is C16H18N2OS. The SMILES string of the molecule is Cc1cccc(NC(=O)CSc2cccc(C)c2N)c1. The molecule has 2 rings (SSSR count). The van der Waals surface area contributed by atoms with Crippen LogP contribution in [0.2, 0.25) is 0 Å². The van der Waals surface area contributed by atoms with Crippen LogP contribution in [0.25, 0.3) is 0 Å². The van der Waals surface area contributed by atoms with Crippen LogP contribution in [0.4, 0.5) is 11.4 Å². The number of thioether (sulfide) groups is 1. The second-order valence-corrected chi connectivity index (χ2v) is 5.71. The van der Waals surface area contributed by atoms with Gasteiger partial charge in [0.15, 0.2) is 0 Å². The van der Waals surface area contributed by atoms with Crippen molar-refractivity contribution in [3.63, 3.8) is 0 Å². The summed E-state index contributed by atoms with van der Waals surface area (Å²) in [5, 5.41) is 2.89. The van der Waals surface area contributed by atoms with E-state index in [2.05, 4.69) is 5.32 Å². The number of nitrogens with two attached hydrogens (primary N) is 1. The van der Waals surface area contributed by atoms with Crippen molar-refractivity contribution in [3.05, 3.63) is 53.6 Å². The third-order valence-corrected chi connectivity index (χ3v) is 4.02. The van der Waals surface area contributed by atoms with Crippen LogP contribution >= 0.6 is 11.8 Å². The summed E-state index contributed by atoms with van der Waals surface area (Å²) < 4.78 is 0. The van der Waals surface area contributed by atoms with Crippen molar-refractivity contribution in [1.29, 1.82) is 0 Å². The Hall–Kier alpha value is -1.94. The number of amides is 1. The third kappa shape index (κ3) is 3.78. The van der Waals surface area contributed by atoms with Crippen molar-refractivity contribution in [3.8, 4) is 0 Å². The van der Waals surface area contributed by atoms with Crippen LogP contribution in [0.15, 0.2) is 47.4 Å². The average Bonchev–Trinajstić information content (AvgIpc) is 2.40. The van der Waals surface area contributed by atoms with Crippen LogP contribution < -0.4 is 11.1 Å². The first kappa shape index (κ1) is 14.5. The van der Waals surface area contributed by atoms with Crippen molar-refractivity contribution >= 4 is 29.0 Å². The molecule has 104 valence electrons. The maximum atomic E-state index is 11.9. The number of benzene rings is 2. The molecule has 0 atom stereocenters. The summed E-state index contributed by atoms with van der Waals surface area (Å²) in [5.74, 6) is 0.322. The molecule has 4 heteroatoms. The minimum Gasteiger partial charge on any atom is -0.398 e. The molecule has 0 saturated carbocycles. The molecule has 0 fully saturated rings. The Balaban J connectivity index is 1.94. The number of hydrogen-bond donors (Lipinski definition) is 2. The smallest absolute Gasteiger partial charge is 0.234 e. The normalized spacial score (nSPS) is 10.3. The molecule has 0 aromatic heterocycles. The van der Waals surface area contributed by atoms with E-state index < -0.39 is 0 Å². The molecule has 0 saturated heterocycles. The van der Waals surface area contributed by atoms with Crippen LogP contribution in [0, 0.1) is 13.8 Å². The third-order valence-electron chi connectivity index (χ3n) is 2.94. The van der Waals surface area contributed by atoms with Crippen LogP contribution in [0.1, 0.15) is 11.1 Å². The Kier molecular flexibility index (Phi) is 4.69. The zero-order valence-electron chi connectivity index (χ0n) is 11.6. The number of hydrogen-bond acceptors (Lipinski definition) is 3. The Morgan fingerprint density at radius 1 is 1.20 bits per heavy atom. The average molecular weight is 286 g/mol. The minimum atomic E-state index is -0.0264. The molecule has 0 radical (unpaired) electrons. The molecule has 0 aliphatic rings. The predicted octanol–water partition coefficient (Wildman–Crippen LogP) is 3.62. The molecule has 0 aliphatic carbocycles. The summed E-state index contributed by atoms with van der Waals surface area (Å²) in [4.78, 5) is 12.9. The quantitative estimate of drug-likeness (QED) is 0.667. The Bertz CT molecular complexity index is 626. The molecule has 0 aliphatic heterocycles. The van der Waals surface area contributed by atoms with Gasteiger partial charge in [-0.25, -0.2) is 0 Å². The zero-order valence-corrected chi connectivity index (χ0v) is 12.5. The van der Waals surface area contributed by atoms with Gasteiger partial charge in [-0.3, -0.25) is 4.79 Å². The van der Waals surface area contributed by atoms with Gasteiger partial charge in [-0.05, 0) is 43.2 Å². The van der Waals surface area contributed by atoms with Crippen molar-refractivity contribution < 1.29 is 4.79 Å². The molecule has 0 bridgehead atoms. The van der Waals surface area contributed by atoms with Gasteiger partial charge in [0.05, 0.1) is 5.75 Å². The molecule has 2 aromatic carbocycles. The minimum absolute atomic E-state index is 0.0264. The summed E-state index contributed by atoms with van der Waals surface area (Å²) >= 11 is 1.46. The topological polar surface area (TPSA) is 55.1 Å². The maximum absolute atomic E-state index is 11.9. The Morgan fingerprint density at radius 2 is 1.95 bits per heavy atom. The standard InChI is InChI=1S/C16H18N2OS/c1-11-5-3-7-13(9-11)18-15(19)10-20-14-8-4-6-12(2)16(14)17/h3-9H,10,17H2,1-2H3,(H,18,19). The lowest BCUT2D eigenvalue weighted by Crippen LogP contribution is -2.14. The highest BCUT2D eigenvalue weighted by Gasteiger charge is 2.07. The van der Waals surface area contributed by atoms with Gasteiger partial charge in [-0.2, -0.15) is 0 Å². The van der Waals surface area contributed by atoms with Crippen molar-refractivity contribution in [2.75, 3.05) is 16.8 Å². The van der Waals surface area contributed by atoms with E-state index in [1.807, 2.05) is 56.3 Å². The van der Waals surface area contributed by atoms with Gasteiger partial charge in [-0.1, -0.05) is 24.3 Å².